The molecule has 2 aromatic heterocycles. The maximum Gasteiger partial charge on any atom is 0.204 e. The predicted octanol–water partition coefficient (Wildman–Crippen LogP) is 2.98. The van der Waals surface area contributed by atoms with Gasteiger partial charge >= 0.3 is 0 Å². The first-order valence-electron chi connectivity index (χ1n) is 7.02. The van der Waals surface area contributed by atoms with Crippen LogP contribution in [0, 0.1) is 0 Å². The fourth-order valence-electron chi connectivity index (χ4n) is 1.88. The van der Waals surface area contributed by atoms with Crippen molar-refractivity contribution < 1.29 is 4.74 Å². The van der Waals surface area contributed by atoms with Gasteiger partial charge in [-0.05, 0) is 6.42 Å². The van der Waals surface area contributed by atoms with Crippen molar-refractivity contribution in [2.75, 3.05) is 30.8 Å². The average molecular weight is 307 g/mol. The molecule has 114 valence electrons. The van der Waals surface area contributed by atoms with E-state index >= 15 is 0 Å². The molecule has 0 aliphatic carbocycles. The van der Waals surface area contributed by atoms with Crippen molar-refractivity contribution in [1.29, 1.82) is 0 Å². The van der Waals surface area contributed by atoms with Crippen LogP contribution in [0.25, 0.3) is 0 Å². The summed E-state index contributed by atoms with van der Waals surface area (Å²) >= 11 is 1.66. The molecule has 0 spiro atoms. The lowest BCUT2D eigenvalue weighted by molar-refractivity contribution is 0.414. The molecule has 1 atom stereocenters. The van der Waals surface area contributed by atoms with E-state index in [1.165, 1.54) is 6.33 Å². The third-order valence-electron chi connectivity index (χ3n) is 3.00. The standard InChI is InChI=1S/C14H21N5OS/c1-4-5-15-12-11(20-3)13(19-9-18-12)17-8-10(2)14-16-6-7-21-14/h6-7,9-10H,4-5,8H2,1-3H3,(H2,15,17,18,19). The van der Waals surface area contributed by atoms with Crippen LogP contribution in [0.5, 0.6) is 5.75 Å². The van der Waals surface area contributed by atoms with Gasteiger partial charge in [0, 0.05) is 30.6 Å². The quantitative estimate of drug-likeness (QED) is 0.781. The van der Waals surface area contributed by atoms with Gasteiger partial charge in [0.25, 0.3) is 0 Å². The number of rotatable bonds is 8. The zero-order chi connectivity index (χ0) is 15.1. The average Bonchev–Trinajstić information content (AvgIpc) is 3.04. The van der Waals surface area contributed by atoms with Crippen LogP contribution in [0.15, 0.2) is 17.9 Å². The number of anilines is 2. The van der Waals surface area contributed by atoms with Gasteiger partial charge < -0.3 is 15.4 Å². The topological polar surface area (TPSA) is 72.0 Å². The number of nitrogens with zero attached hydrogens (tertiary/aromatic N) is 3. The van der Waals surface area contributed by atoms with Crippen LogP contribution in [0.3, 0.4) is 0 Å². The molecule has 2 aromatic rings. The monoisotopic (exact) mass is 307 g/mol. The Morgan fingerprint density at radius 2 is 2.00 bits per heavy atom. The molecule has 0 radical (unpaired) electrons. The van der Waals surface area contributed by atoms with Gasteiger partial charge in [-0.1, -0.05) is 13.8 Å². The minimum atomic E-state index is 0.316. The second-order valence-corrected chi connectivity index (χ2v) is 5.61. The predicted molar refractivity (Wildman–Crippen MR) is 86.4 cm³/mol. The number of nitrogens with one attached hydrogen (secondary N) is 2. The fraction of sp³-hybridized carbons (Fsp3) is 0.500. The van der Waals surface area contributed by atoms with Gasteiger partial charge in [0.15, 0.2) is 11.6 Å². The van der Waals surface area contributed by atoms with E-state index < -0.39 is 0 Å². The second kappa shape index (κ2) is 7.78. The van der Waals surface area contributed by atoms with E-state index in [1.54, 1.807) is 18.4 Å². The molecular weight excluding hydrogens is 286 g/mol. The molecule has 21 heavy (non-hydrogen) atoms. The Balaban J connectivity index is 2.05. The molecule has 7 heteroatoms. The lowest BCUT2D eigenvalue weighted by Crippen LogP contribution is -2.13. The minimum Gasteiger partial charge on any atom is -0.490 e. The first-order valence-corrected chi connectivity index (χ1v) is 7.90. The van der Waals surface area contributed by atoms with Crippen LogP contribution in [-0.2, 0) is 0 Å². The molecule has 0 saturated heterocycles. The maximum atomic E-state index is 5.43. The van der Waals surface area contributed by atoms with Crippen molar-refractivity contribution in [1.82, 2.24) is 15.0 Å². The Labute approximate surface area is 129 Å². The third kappa shape index (κ3) is 4.04. The molecule has 0 bridgehead atoms. The SMILES string of the molecule is CCCNc1ncnc(NCC(C)c2nccs2)c1OC. The summed E-state index contributed by atoms with van der Waals surface area (Å²) in [7, 11) is 1.63. The number of ether oxygens (including phenoxy) is 1. The highest BCUT2D eigenvalue weighted by atomic mass is 32.1. The normalized spacial score (nSPS) is 12.0. The summed E-state index contributed by atoms with van der Waals surface area (Å²) in [5.74, 6) is 2.39. The van der Waals surface area contributed by atoms with Crippen LogP contribution in [0.1, 0.15) is 31.2 Å². The first kappa shape index (κ1) is 15.5. The summed E-state index contributed by atoms with van der Waals surface area (Å²) in [4.78, 5) is 12.8. The van der Waals surface area contributed by atoms with Gasteiger partial charge in [-0.3, -0.25) is 0 Å². The summed E-state index contributed by atoms with van der Waals surface area (Å²) < 4.78 is 5.43. The maximum absolute atomic E-state index is 5.43. The van der Waals surface area contributed by atoms with E-state index in [9.17, 15) is 0 Å². The van der Waals surface area contributed by atoms with Crippen molar-refractivity contribution >= 4 is 23.0 Å². The van der Waals surface area contributed by atoms with Gasteiger partial charge in [-0.2, -0.15) is 0 Å². The van der Waals surface area contributed by atoms with Crippen molar-refractivity contribution in [2.24, 2.45) is 0 Å². The van der Waals surface area contributed by atoms with Gasteiger partial charge in [0.05, 0.1) is 12.1 Å². The first-order chi connectivity index (χ1) is 10.3. The lowest BCUT2D eigenvalue weighted by atomic mass is 10.2. The molecule has 0 aliphatic heterocycles. The number of hydrogen-bond donors (Lipinski definition) is 2. The highest BCUT2D eigenvalue weighted by molar-refractivity contribution is 7.09. The van der Waals surface area contributed by atoms with Crippen molar-refractivity contribution in [3.05, 3.63) is 22.9 Å². The van der Waals surface area contributed by atoms with Gasteiger partial charge in [0.2, 0.25) is 5.75 Å². The number of hydrogen-bond acceptors (Lipinski definition) is 7. The summed E-state index contributed by atoms with van der Waals surface area (Å²) in [5.41, 5.74) is 0. The van der Waals surface area contributed by atoms with Gasteiger partial charge in [0.1, 0.15) is 6.33 Å². The van der Waals surface area contributed by atoms with E-state index in [2.05, 4.69) is 39.4 Å². The van der Waals surface area contributed by atoms with Crippen LogP contribution < -0.4 is 15.4 Å². The summed E-state index contributed by atoms with van der Waals surface area (Å²) in [6.07, 6.45) is 4.39. The van der Waals surface area contributed by atoms with Crippen molar-refractivity contribution in [3.8, 4) is 5.75 Å². The van der Waals surface area contributed by atoms with Gasteiger partial charge in [-0.15, -0.1) is 11.3 Å². The molecule has 2 rings (SSSR count). The van der Waals surface area contributed by atoms with E-state index in [0.29, 0.717) is 17.5 Å². The molecule has 0 aliphatic rings. The molecule has 2 N–H and O–H groups in total. The zero-order valence-electron chi connectivity index (χ0n) is 12.6. The summed E-state index contributed by atoms with van der Waals surface area (Å²) in [6.45, 7) is 5.84. The Hall–Kier alpha value is -1.89. The van der Waals surface area contributed by atoms with Gasteiger partial charge in [-0.25, -0.2) is 15.0 Å². The Morgan fingerprint density at radius 1 is 1.24 bits per heavy atom. The Bertz CT molecular complexity index is 546. The molecule has 0 amide bonds. The highest BCUT2D eigenvalue weighted by Gasteiger charge is 2.14. The number of aromatic nitrogens is 3. The zero-order valence-corrected chi connectivity index (χ0v) is 13.4. The van der Waals surface area contributed by atoms with E-state index in [1.807, 2.05) is 11.6 Å². The van der Waals surface area contributed by atoms with E-state index in [0.717, 1.165) is 30.3 Å². The van der Waals surface area contributed by atoms with Crippen LogP contribution in [0.4, 0.5) is 11.6 Å². The molecule has 1 unspecified atom stereocenters. The lowest BCUT2D eigenvalue weighted by Gasteiger charge is -2.15. The smallest absolute Gasteiger partial charge is 0.204 e. The van der Waals surface area contributed by atoms with Crippen LogP contribution in [0.2, 0.25) is 0 Å². The third-order valence-corrected chi connectivity index (χ3v) is 4.01. The highest BCUT2D eigenvalue weighted by Crippen LogP contribution is 2.29. The fourth-order valence-corrected chi connectivity index (χ4v) is 2.58. The number of methoxy groups -OCH3 is 1. The molecule has 2 heterocycles. The second-order valence-electron chi connectivity index (χ2n) is 4.68. The molecule has 6 nitrogen and oxygen atoms in total. The number of thiazole rings is 1. The molecule has 0 fully saturated rings. The van der Waals surface area contributed by atoms with Crippen LogP contribution >= 0.6 is 11.3 Å². The Kier molecular flexibility index (Phi) is 5.74. The van der Waals surface area contributed by atoms with Crippen molar-refractivity contribution in [3.63, 3.8) is 0 Å². The molecular formula is C14H21N5OS. The summed E-state index contributed by atoms with van der Waals surface area (Å²) in [5, 5.41) is 9.66. The molecule has 0 aromatic carbocycles. The minimum absolute atomic E-state index is 0.316. The van der Waals surface area contributed by atoms with Crippen LogP contribution in [-0.4, -0.2) is 35.2 Å². The van der Waals surface area contributed by atoms with E-state index in [4.69, 9.17) is 4.74 Å². The summed E-state index contributed by atoms with van der Waals surface area (Å²) in [6, 6.07) is 0. The Morgan fingerprint density at radius 3 is 2.62 bits per heavy atom. The van der Waals surface area contributed by atoms with Crippen molar-refractivity contribution in [2.45, 2.75) is 26.2 Å². The van der Waals surface area contributed by atoms with E-state index in [-0.39, 0.29) is 0 Å². The largest absolute Gasteiger partial charge is 0.490 e. The molecule has 0 saturated carbocycles.